The Bertz CT molecular complexity index is 172. The molecule has 1 aliphatic heterocycles. The van der Waals surface area contributed by atoms with Crippen molar-refractivity contribution in [3.63, 3.8) is 0 Å². The van der Waals surface area contributed by atoms with Gasteiger partial charge in [0.15, 0.2) is 0 Å². The maximum atomic E-state index is 3.95. The van der Waals surface area contributed by atoms with Crippen LogP contribution in [0.2, 0.25) is 0 Å². The Morgan fingerprint density at radius 3 is 2.67 bits per heavy atom. The topological polar surface area (TPSA) is 12.4 Å². The Kier molecular flexibility index (Phi) is 1.76. The molecule has 1 nitrogen and oxygen atoms in total. The van der Waals surface area contributed by atoms with Gasteiger partial charge in [-0.15, -0.1) is 0 Å². The second-order valence-corrected chi connectivity index (χ2v) is 3.35. The third-order valence-electron chi connectivity index (χ3n) is 1.22. The molecule has 0 saturated carbocycles. The summed E-state index contributed by atoms with van der Waals surface area (Å²) in [5.74, 6) is 0. The molecule has 0 bridgehead atoms. The molecule has 0 amide bonds. The first kappa shape index (κ1) is 6.62. The van der Waals surface area contributed by atoms with E-state index in [0.29, 0.717) is 0 Å². The normalized spacial score (nSPS) is 32.6. The molecule has 2 heteroatoms. The molecule has 1 atom stereocenters. The van der Waals surface area contributed by atoms with Gasteiger partial charge in [0.1, 0.15) is 4.87 Å². The van der Waals surface area contributed by atoms with Crippen LogP contribution >= 0.6 is 11.8 Å². The predicted molar refractivity (Wildman–Crippen MR) is 43.8 cm³/mol. The smallest absolute Gasteiger partial charge is 0.125 e. The summed E-state index contributed by atoms with van der Waals surface area (Å²) in [4.78, 5) is 3.84. The fraction of sp³-hybridized carbons (Fsp3) is 0.286. The highest BCUT2D eigenvalue weighted by molar-refractivity contribution is 8.03. The Labute approximate surface area is 59.6 Å². The molecule has 0 aromatic rings. The fourth-order valence-electron chi connectivity index (χ4n) is 0.586. The van der Waals surface area contributed by atoms with E-state index < -0.39 is 0 Å². The van der Waals surface area contributed by atoms with Gasteiger partial charge in [0.25, 0.3) is 0 Å². The second-order valence-electron chi connectivity index (χ2n) is 2.02. The molecule has 9 heavy (non-hydrogen) atoms. The summed E-state index contributed by atoms with van der Waals surface area (Å²) < 4.78 is 0. The molecule has 0 fully saturated rings. The van der Waals surface area contributed by atoms with Gasteiger partial charge in [-0.3, -0.25) is 4.99 Å². The zero-order chi connectivity index (χ0) is 6.74. The van der Waals surface area contributed by atoms with Gasteiger partial charge in [-0.05, 0) is 25.1 Å². The molecule has 1 heterocycles. The monoisotopic (exact) mass is 139 g/mol. The highest BCUT2D eigenvalue weighted by atomic mass is 32.2. The number of hydrogen-bond donors (Lipinski definition) is 0. The van der Waals surface area contributed by atoms with Crippen LogP contribution < -0.4 is 0 Å². The summed E-state index contributed by atoms with van der Waals surface area (Å²) in [6.07, 6.45) is 6.02. The lowest BCUT2D eigenvalue weighted by molar-refractivity contribution is 0.860. The van der Waals surface area contributed by atoms with Gasteiger partial charge in [0.2, 0.25) is 0 Å². The first-order valence-corrected chi connectivity index (χ1v) is 3.65. The summed E-state index contributed by atoms with van der Waals surface area (Å²) in [6, 6.07) is 0. The maximum absolute atomic E-state index is 3.95. The Hall–Kier alpha value is -0.500. The van der Waals surface area contributed by atoms with Crippen LogP contribution in [-0.2, 0) is 0 Å². The molecular weight excluding hydrogens is 130 g/mol. The van der Waals surface area contributed by atoms with Crippen LogP contribution in [0, 0.1) is 0 Å². The van der Waals surface area contributed by atoms with Gasteiger partial charge in [-0.25, -0.2) is 0 Å². The average Bonchev–Trinajstić information content (AvgIpc) is 1.90. The molecule has 0 radical (unpaired) electrons. The lowest BCUT2D eigenvalue weighted by Gasteiger charge is -2.18. The number of allylic oxidation sites excluding steroid dienone is 2. The van der Waals surface area contributed by atoms with E-state index in [2.05, 4.69) is 11.7 Å². The summed E-state index contributed by atoms with van der Waals surface area (Å²) in [5, 5.41) is 2.02. The minimum absolute atomic E-state index is 0.116. The largest absolute Gasteiger partial charge is 0.279 e. The van der Waals surface area contributed by atoms with Crippen molar-refractivity contribution in [3.05, 3.63) is 23.6 Å². The van der Waals surface area contributed by atoms with E-state index in [1.165, 1.54) is 0 Å². The molecule has 1 unspecified atom stereocenters. The molecular formula is C7H9NS. The van der Waals surface area contributed by atoms with Gasteiger partial charge in [0.05, 0.1) is 0 Å². The van der Waals surface area contributed by atoms with E-state index in [4.69, 9.17) is 0 Å². The van der Waals surface area contributed by atoms with Crippen molar-refractivity contribution in [1.29, 1.82) is 0 Å². The highest BCUT2D eigenvalue weighted by Gasteiger charge is 2.17. The third-order valence-corrected chi connectivity index (χ3v) is 2.25. The summed E-state index contributed by atoms with van der Waals surface area (Å²) in [6.45, 7) is 5.53. The van der Waals surface area contributed by atoms with Crippen LogP contribution in [0.1, 0.15) is 6.92 Å². The summed E-state index contributed by atoms with van der Waals surface area (Å²) in [5.41, 5.74) is 0. The zero-order valence-electron chi connectivity index (χ0n) is 5.37. The number of hydrogen-bond acceptors (Lipinski definition) is 2. The summed E-state index contributed by atoms with van der Waals surface area (Å²) in [7, 11) is 0. The molecule has 0 aromatic carbocycles. The number of rotatable bonds is 1. The van der Waals surface area contributed by atoms with Crippen molar-refractivity contribution in [2.75, 3.05) is 0 Å². The average molecular weight is 139 g/mol. The van der Waals surface area contributed by atoms with Gasteiger partial charge >= 0.3 is 0 Å². The van der Waals surface area contributed by atoms with Gasteiger partial charge in [0, 0.05) is 0 Å². The van der Waals surface area contributed by atoms with Crippen LogP contribution in [-0.4, -0.2) is 11.6 Å². The van der Waals surface area contributed by atoms with Gasteiger partial charge < -0.3 is 0 Å². The molecule has 0 aliphatic carbocycles. The zero-order valence-corrected chi connectivity index (χ0v) is 6.19. The maximum Gasteiger partial charge on any atom is 0.125 e. The molecule has 0 aromatic heterocycles. The van der Waals surface area contributed by atoms with Crippen molar-refractivity contribution >= 4 is 18.5 Å². The van der Waals surface area contributed by atoms with Crippen molar-refractivity contribution in [2.24, 2.45) is 4.99 Å². The van der Waals surface area contributed by atoms with Crippen LogP contribution in [0.3, 0.4) is 0 Å². The predicted octanol–water partition coefficient (Wildman–Crippen LogP) is 2.22. The van der Waals surface area contributed by atoms with Crippen LogP contribution in [0.15, 0.2) is 28.6 Å². The first-order chi connectivity index (χ1) is 4.27. The lowest BCUT2D eigenvalue weighted by atomic mass is 10.3. The van der Waals surface area contributed by atoms with E-state index in [-0.39, 0.29) is 4.87 Å². The molecule has 1 rings (SSSR count). The first-order valence-electron chi connectivity index (χ1n) is 2.77. The van der Waals surface area contributed by atoms with E-state index >= 15 is 0 Å². The van der Waals surface area contributed by atoms with Crippen LogP contribution in [0.25, 0.3) is 0 Å². The Morgan fingerprint density at radius 1 is 1.56 bits per heavy atom. The quantitative estimate of drug-likeness (QED) is 0.507. The van der Waals surface area contributed by atoms with E-state index in [9.17, 15) is 0 Å². The fourth-order valence-corrected chi connectivity index (χ4v) is 1.26. The minimum Gasteiger partial charge on any atom is -0.279 e. The minimum atomic E-state index is -0.116. The Morgan fingerprint density at radius 2 is 2.33 bits per heavy atom. The third kappa shape index (κ3) is 1.45. The number of nitrogens with zero attached hydrogens (tertiary/aromatic N) is 1. The van der Waals surface area contributed by atoms with E-state index in [1.807, 2.05) is 30.6 Å². The standard InChI is InChI=1S/C7H9NS/c1-7(8-2)5-3-4-6-9-7/h3-6H,2H2,1H3. The molecule has 0 saturated heterocycles. The van der Waals surface area contributed by atoms with Crippen LogP contribution in [0.4, 0.5) is 0 Å². The number of thioether (sulfide) groups is 1. The summed E-state index contributed by atoms with van der Waals surface area (Å²) >= 11 is 1.67. The SMILES string of the molecule is C=NC1(C)C=CC=CS1. The second kappa shape index (κ2) is 2.40. The van der Waals surface area contributed by atoms with E-state index in [1.54, 1.807) is 11.8 Å². The van der Waals surface area contributed by atoms with Crippen molar-refractivity contribution in [3.8, 4) is 0 Å². The number of aliphatic imine (C=N–C) groups is 1. The van der Waals surface area contributed by atoms with Gasteiger partial charge in [-0.1, -0.05) is 23.9 Å². The molecule has 1 aliphatic rings. The Balaban J connectivity index is 2.73. The lowest BCUT2D eigenvalue weighted by Crippen LogP contribution is -2.11. The van der Waals surface area contributed by atoms with E-state index in [0.717, 1.165) is 0 Å². The van der Waals surface area contributed by atoms with Crippen molar-refractivity contribution in [2.45, 2.75) is 11.8 Å². The van der Waals surface area contributed by atoms with Crippen molar-refractivity contribution in [1.82, 2.24) is 0 Å². The van der Waals surface area contributed by atoms with Crippen LogP contribution in [0.5, 0.6) is 0 Å². The van der Waals surface area contributed by atoms with Crippen molar-refractivity contribution < 1.29 is 0 Å². The highest BCUT2D eigenvalue weighted by Crippen LogP contribution is 2.30. The van der Waals surface area contributed by atoms with Gasteiger partial charge in [-0.2, -0.15) is 0 Å². The molecule has 48 valence electrons. The molecule has 0 N–H and O–H groups in total. The molecule has 0 spiro atoms.